The third-order valence-corrected chi connectivity index (χ3v) is 2.15. The molecule has 2 N–H and O–H groups in total. The minimum Gasteiger partial charge on any atom is -0.383 e. The fourth-order valence-electron chi connectivity index (χ4n) is 1.42. The third kappa shape index (κ3) is 1.35. The van der Waals surface area contributed by atoms with Crippen molar-refractivity contribution in [2.24, 2.45) is 7.05 Å². The van der Waals surface area contributed by atoms with Crippen molar-refractivity contribution in [1.29, 1.82) is 0 Å². The number of hydrogen-bond donors (Lipinski definition) is 1. The highest BCUT2D eigenvalue weighted by Crippen LogP contribution is 2.23. The highest BCUT2D eigenvalue weighted by molar-refractivity contribution is 5.71. The first-order valence-corrected chi connectivity index (χ1v) is 4.39. The van der Waals surface area contributed by atoms with Crippen LogP contribution in [0.25, 0.3) is 11.3 Å². The van der Waals surface area contributed by atoms with Gasteiger partial charge in [0.1, 0.15) is 5.82 Å². The van der Waals surface area contributed by atoms with Gasteiger partial charge in [0, 0.05) is 25.0 Å². The minimum absolute atomic E-state index is 0.541. The first-order valence-electron chi connectivity index (χ1n) is 4.39. The molecule has 0 aliphatic heterocycles. The molecule has 4 heteroatoms. The summed E-state index contributed by atoms with van der Waals surface area (Å²) in [6, 6.07) is 3.94. The van der Waals surface area contributed by atoms with E-state index in [0.717, 1.165) is 16.8 Å². The van der Waals surface area contributed by atoms with E-state index in [2.05, 4.69) is 10.1 Å². The van der Waals surface area contributed by atoms with Crippen molar-refractivity contribution < 1.29 is 0 Å². The number of hydrogen-bond acceptors (Lipinski definition) is 3. The van der Waals surface area contributed by atoms with Gasteiger partial charge in [-0.05, 0) is 24.6 Å². The molecule has 0 aromatic carbocycles. The van der Waals surface area contributed by atoms with Crippen molar-refractivity contribution in [2.75, 3.05) is 5.73 Å². The molecule has 0 saturated heterocycles. The van der Waals surface area contributed by atoms with Gasteiger partial charge < -0.3 is 5.73 Å². The average molecular weight is 188 g/mol. The number of aromatic nitrogens is 3. The minimum atomic E-state index is 0.541. The normalized spacial score (nSPS) is 10.4. The Balaban J connectivity index is 2.62. The average Bonchev–Trinajstić information content (AvgIpc) is 2.56. The van der Waals surface area contributed by atoms with Gasteiger partial charge in [0.25, 0.3) is 0 Å². The van der Waals surface area contributed by atoms with Crippen LogP contribution in [0, 0.1) is 6.92 Å². The van der Waals surface area contributed by atoms with E-state index >= 15 is 0 Å². The second-order valence-electron chi connectivity index (χ2n) is 3.29. The van der Waals surface area contributed by atoms with Crippen LogP contribution in [0.3, 0.4) is 0 Å². The molecule has 2 heterocycles. The predicted molar refractivity (Wildman–Crippen MR) is 55.6 cm³/mol. The molecule has 0 aliphatic carbocycles. The lowest BCUT2D eigenvalue weighted by Gasteiger charge is -2.05. The van der Waals surface area contributed by atoms with E-state index in [1.807, 2.05) is 26.1 Å². The van der Waals surface area contributed by atoms with E-state index < -0.39 is 0 Å². The van der Waals surface area contributed by atoms with E-state index in [-0.39, 0.29) is 0 Å². The maximum atomic E-state index is 5.80. The Kier molecular flexibility index (Phi) is 1.96. The van der Waals surface area contributed by atoms with E-state index in [0.29, 0.717) is 5.82 Å². The summed E-state index contributed by atoms with van der Waals surface area (Å²) in [5, 5.41) is 4.10. The molecule has 0 unspecified atom stereocenters. The van der Waals surface area contributed by atoms with Gasteiger partial charge in [0.05, 0.1) is 5.69 Å². The highest BCUT2D eigenvalue weighted by atomic mass is 15.3. The number of nitrogens with zero attached hydrogens (tertiary/aromatic N) is 3. The zero-order valence-corrected chi connectivity index (χ0v) is 8.23. The fourth-order valence-corrected chi connectivity index (χ4v) is 1.42. The van der Waals surface area contributed by atoms with Gasteiger partial charge in [-0.15, -0.1) is 0 Å². The van der Waals surface area contributed by atoms with Gasteiger partial charge in [-0.1, -0.05) is 0 Å². The molecule has 4 nitrogen and oxygen atoms in total. The monoisotopic (exact) mass is 188 g/mol. The van der Waals surface area contributed by atoms with Crippen LogP contribution in [0.1, 0.15) is 5.56 Å². The van der Waals surface area contributed by atoms with E-state index in [4.69, 9.17) is 5.73 Å². The maximum Gasteiger partial charge on any atom is 0.132 e. The SMILES string of the molecule is Cc1cnc(N)c(-c2ccnn2C)c1. The van der Waals surface area contributed by atoms with Crippen molar-refractivity contribution in [3.05, 3.63) is 30.1 Å². The number of nitrogens with two attached hydrogens (primary N) is 1. The van der Waals surface area contributed by atoms with Crippen molar-refractivity contribution in [2.45, 2.75) is 6.92 Å². The van der Waals surface area contributed by atoms with Gasteiger partial charge in [-0.3, -0.25) is 4.68 Å². The molecule has 0 saturated carbocycles. The number of aryl methyl sites for hydroxylation is 2. The lowest BCUT2D eigenvalue weighted by Crippen LogP contribution is -1.99. The van der Waals surface area contributed by atoms with Crippen LogP contribution in [0.2, 0.25) is 0 Å². The molecular weight excluding hydrogens is 176 g/mol. The molecule has 0 fully saturated rings. The summed E-state index contributed by atoms with van der Waals surface area (Å²) >= 11 is 0. The summed E-state index contributed by atoms with van der Waals surface area (Å²) in [5.74, 6) is 0.541. The molecule has 2 aromatic rings. The number of nitrogen functional groups attached to an aromatic ring is 1. The zero-order valence-electron chi connectivity index (χ0n) is 8.23. The van der Waals surface area contributed by atoms with Gasteiger partial charge >= 0.3 is 0 Å². The quantitative estimate of drug-likeness (QED) is 0.735. The highest BCUT2D eigenvalue weighted by Gasteiger charge is 2.07. The molecule has 2 rings (SSSR count). The molecule has 14 heavy (non-hydrogen) atoms. The molecule has 0 spiro atoms. The Morgan fingerprint density at radius 2 is 2.21 bits per heavy atom. The summed E-state index contributed by atoms with van der Waals surface area (Å²) in [6.07, 6.45) is 3.51. The molecular formula is C10H12N4. The molecule has 0 aliphatic rings. The van der Waals surface area contributed by atoms with Crippen LogP contribution in [-0.2, 0) is 7.05 Å². The van der Waals surface area contributed by atoms with Crippen molar-refractivity contribution in [3.8, 4) is 11.3 Å². The van der Waals surface area contributed by atoms with E-state index in [1.54, 1.807) is 17.1 Å². The Morgan fingerprint density at radius 1 is 1.43 bits per heavy atom. The zero-order chi connectivity index (χ0) is 10.1. The summed E-state index contributed by atoms with van der Waals surface area (Å²) in [5.41, 5.74) is 8.81. The Labute approximate surface area is 82.4 Å². The number of pyridine rings is 1. The maximum absolute atomic E-state index is 5.80. The number of anilines is 1. The van der Waals surface area contributed by atoms with E-state index in [1.165, 1.54) is 0 Å². The van der Waals surface area contributed by atoms with Crippen LogP contribution in [0.5, 0.6) is 0 Å². The van der Waals surface area contributed by atoms with Crippen LogP contribution < -0.4 is 5.73 Å². The summed E-state index contributed by atoms with van der Waals surface area (Å²) in [6.45, 7) is 1.99. The topological polar surface area (TPSA) is 56.7 Å². The molecule has 2 aromatic heterocycles. The van der Waals surface area contributed by atoms with Crippen molar-refractivity contribution in [1.82, 2.24) is 14.8 Å². The van der Waals surface area contributed by atoms with Crippen molar-refractivity contribution >= 4 is 5.82 Å². The Morgan fingerprint density at radius 3 is 2.86 bits per heavy atom. The first kappa shape index (κ1) is 8.74. The summed E-state index contributed by atoms with van der Waals surface area (Å²) in [7, 11) is 1.89. The Bertz CT molecular complexity index is 459. The lowest BCUT2D eigenvalue weighted by atomic mass is 10.1. The second-order valence-corrected chi connectivity index (χ2v) is 3.29. The second kappa shape index (κ2) is 3.14. The van der Waals surface area contributed by atoms with Gasteiger partial charge in [-0.2, -0.15) is 5.10 Å². The lowest BCUT2D eigenvalue weighted by molar-refractivity contribution is 0.775. The van der Waals surface area contributed by atoms with Gasteiger partial charge in [0.15, 0.2) is 0 Å². The van der Waals surface area contributed by atoms with Crippen LogP contribution in [0.15, 0.2) is 24.5 Å². The predicted octanol–water partition coefficient (Wildman–Crippen LogP) is 1.37. The van der Waals surface area contributed by atoms with Crippen LogP contribution in [-0.4, -0.2) is 14.8 Å². The Hall–Kier alpha value is -1.84. The van der Waals surface area contributed by atoms with Gasteiger partial charge in [-0.25, -0.2) is 4.98 Å². The van der Waals surface area contributed by atoms with Crippen LogP contribution in [0.4, 0.5) is 5.82 Å². The molecule has 0 atom stereocenters. The molecule has 0 radical (unpaired) electrons. The van der Waals surface area contributed by atoms with E-state index in [9.17, 15) is 0 Å². The van der Waals surface area contributed by atoms with Gasteiger partial charge in [0.2, 0.25) is 0 Å². The third-order valence-electron chi connectivity index (χ3n) is 2.15. The molecule has 0 bridgehead atoms. The van der Waals surface area contributed by atoms with Crippen molar-refractivity contribution in [3.63, 3.8) is 0 Å². The number of rotatable bonds is 1. The summed E-state index contributed by atoms with van der Waals surface area (Å²) in [4.78, 5) is 4.11. The molecule has 0 amide bonds. The first-order chi connectivity index (χ1) is 6.68. The smallest absolute Gasteiger partial charge is 0.132 e. The summed E-state index contributed by atoms with van der Waals surface area (Å²) < 4.78 is 1.78. The van der Waals surface area contributed by atoms with Crippen LogP contribution >= 0.6 is 0 Å². The fraction of sp³-hybridized carbons (Fsp3) is 0.200. The standard InChI is InChI=1S/C10H12N4/c1-7-5-8(10(11)12-6-7)9-3-4-13-14(9)2/h3-6H,1-2H3,(H2,11,12). The molecule has 72 valence electrons. The largest absolute Gasteiger partial charge is 0.383 e.